The van der Waals surface area contributed by atoms with Crippen LogP contribution < -0.4 is 4.90 Å². The third kappa shape index (κ3) is 6.18. The molecule has 13 rings (SSSR count). The van der Waals surface area contributed by atoms with Gasteiger partial charge >= 0.3 is 0 Å². The van der Waals surface area contributed by atoms with Gasteiger partial charge in [-0.3, -0.25) is 0 Å². The number of aromatic nitrogens is 1. The van der Waals surface area contributed by atoms with Crippen molar-refractivity contribution in [3.8, 4) is 39.1 Å². The minimum Gasteiger partial charge on any atom is -0.310 e. The number of benzene rings is 12. The topological polar surface area (TPSA) is 8.17 Å². The average Bonchev–Trinajstić information content (AvgIpc) is 3.72. The van der Waals surface area contributed by atoms with Gasteiger partial charge in [0.1, 0.15) is 0 Å². The van der Waals surface area contributed by atoms with Gasteiger partial charge in [0, 0.05) is 33.5 Å². The molecule has 0 atom stereocenters. The largest absolute Gasteiger partial charge is 0.310 e. The fourth-order valence-electron chi connectivity index (χ4n) is 10.5. The summed E-state index contributed by atoms with van der Waals surface area (Å²) in [6.45, 7) is 0. The van der Waals surface area contributed by atoms with Crippen LogP contribution in [-0.4, -0.2) is 4.57 Å². The SMILES string of the molecule is c1ccc(-c2c(-c3ccccc3)c3cc(-c4ccc(N(c5ccc6c(ccc7ccccc76)c5)c5ccc6c7ccccc7n(-c7ccccc7)c6c5)cc4)ccc3c3ccccc23)cc1. The highest BCUT2D eigenvalue weighted by Gasteiger charge is 2.21. The Balaban J connectivity index is 0.996. The Morgan fingerprint density at radius 1 is 0.242 bits per heavy atom. The lowest BCUT2D eigenvalue weighted by Crippen LogP contribution is -2.10. The van der Waals surface area contributed by atoms with Crippen molar-refractivity contribution in [2.45, 2.75) is 0 Å². The molecule has 0 aliphatic heterocycles. The van der Waals surface area contributed by atoms with E-state index in [1.54, 1.807) is 0 Å². The van der Waals surface area contributed by atoms with Gasteiger partial charge in [-0.05, 0) is 137 Å². The molecule has 13 aromatic rings. The Bertz CT molecular complexity index is 3960. The lowest BCUT2D eigenvalue weighted by molar-refractivity contribution is 1.18. The van der Waals surface area contributed by atoms with Gasteiger partial charge in [0.2, 0.25) is 0 Å². The summed E-state index contributed by atoms with van der Waals surface area (Å²) in [6.07, 6.45) is 0. The molecular weight excluding hydrogens is 797 g/mol. The van der Waals surface area contributed by atoms with E-state index in [2.05, 4.69) is 264 Å². The van der Waals surface area contributed by atoms with Gasteiger partial charge in [-0.15, -0.1) is 0 Å². The van der Waals surface area contributed by atoms with Crippen LogP contribution in [0.4, 0.5) is 17.1 Å². The maximum atomic E-state index is 2.41. The van der Waals surface area contributed by atoms with E-state index >= 15 is 0 Å². The lowest BCUT2D eigenvalue weighted by Gasteiger charge is -2.26. The van der Waals surface area contributed by atoms with Crippen molar-refractivity contribution in [1.29, 1.82) is 0 Å². The zero-order valence-corrected chi connectivity index (χ0v) is 36.1. The van der Waals surface area contributed by atoms with Gasteiger partial charge in [-0.2, -0.15) is 0 Å². The number of hydrogen-bond donors (Lipinski definition) is 0. The summed E-state index contributed by atoms with van der Waals surface area (Å²) in [6, 6.07) is 93.3. The number of hydrogen-bond acceptors (Lipinski definition) is 1. The molecule has 0 radical (unpaired) electrons. The molecule has 1 heterocycles. The van der Waals surface area contributed by atoms with E-state index < -0.39 is 0 Å². The Hall–Kier alpha value is -8.72. The molecule has 0 aliphatic carbocycles. The predicted molar refractivity (Wildman–Crippen MR) is 282 cm³/mol. The number of anilines is 3. The summed E-state index contributed by atoms with van der Waals surface area (Å²) in [7, 11) is 0. The number of rotatable bonds is 7. The van der Waals surface area contributed by atoms with Crippen molar-refractivity contribution in [2.75, 3.05) is 4.90 Å². The summed E-state index contributed by atoms with van der Waals surface area (Å²) < 4.78 is 2.40. The summed E-state index contributed by atoms with van der Waals surface area (Å²) in [5.74, 6) is 0. The van der Waals surface area contributed by atoms with Crippen LogP contribution >= 0.6 is 0 Å². The molecule has 2 heteroatoms. The van der Waals surface area contributed by atoms with Crippen LogP contribution in [0.15, 0.2) is 255 Å². The van der Waals surface area contributed by atoms with E-state index in [0.29, 0.717) is 0 Å². The van der Waals surface area contributed by atoms with Crippen LogP contribution in [0.25, 0.3) is 104 Å². The molecule has 1 aromatic heterocycles. The quantitative estimate of drug-likeness (QED) is 0.145. The smallest absolute Gasteiger partial charge is 0.0561 e. The van der Waals surface area contributed by atoms with Crippen molar-refractivity contribution >= 4 is 82.0 Å². The molecule has 308 valence electrons. The van der Waals surface area contributed by atoms with Crippen LogP contribution in [0.2, 0.25) is 0 Å². The minimum atomic E-state index is 1.09. The number of nitrogens with zero attached hydrogens (tertiary/aromatic N) is 2. The molecule has 0 N–H and O–H groups in total. The third-order valence-electron chi connectivity index (χ3n) is 13.5. The van der Waals surface area contributed by atoms with Crippen LogP contribution in [-0.2, 0) is 0 Å². The third-order valence-corrected chi connectivity index (χ3v) is 13.5. The highest BCUT2D eigenvalue weighted by atomic mass is 15.1. The van der Waals surface area contributed by atoms with E-state index in [4.69, 9.17) is 0 Å². The van der Waals surface area contributed by atoms with Crippen LogP contribution in [0, 0.1) is 0 Å². The normalized spacial score (nSPS) is 11.6. The Labute approximate surface area is 383 Å². The summed E-state index contributed by atoms with van der Waals surface area (Å²) in [5, 5.41) is 12.5. The predicted octanol–water partition coefficient (Wildman–Crippen LogP) is 17.9. The minimum absolute atomic E-state index is 1.09. The first kappa shape index (κ1) is 37.8. The van der Waals surface area contributed by atoms with Gasteiger partial charge in [0.25, 0.3) is 0 Å². The van der Waals surface area contributed by atoms with Gasteiger partial charge < -0.3 is 9.47 Å². The first-order valence-electron chi connectivity index (χ1n) is 22.8. The van der Waals surface area contributed by atoms with Crippen LogP contribution in [0.1, 0.15) is 0 Å². The Kier molecular flexibility index (Phi) is 8.89. The zero-order chi connectivity index (χ0) is 43.6. The molecule has 0 fully saturated rings. The number of fused-ring (bicyclic) bond motifs is 9. The molecule has 0 spiro atoms. The molecule has 0 bridgehead atoms. The van der Waals surface area contributed by atoms with Gasteiger partial charge in [-0.1, -0.05) is 194 Å². The van der Waals surface area contributed by atoms with E-state index in [-0.39, 0.29) is 0 Å². The standard InChI is InChI=1S/C64H42N2/c1-4-17-45(18-5-1)63-59-26-13-12-24-55(59)56-37-32-47(41-60(56)64(63)46-19-6-2-7-20-46)43-30-33-50(34-31-43)65(51-35-38-54-48(40-51)29-28-44-16-10-11-23-53(44)54)52-36-39-58-57-25-14-15-27-61(57)66(62(58)42-52)49-21-8-3-9-22-49/h1-42H. The Morgan fingerprint density at radius 2 is 0.727 bits per heavy atom. The van der Waals surface area contributed by atoms with E-state index in [9.17, 15) is 0 Å². The van der Waals surface area contributed by atoms with Crippen molar-refractivity contribution in [2.24, 2.45) is 0 Å². The monoisotopic (exact) mass is 838 g/mol. The molecule has 0 unspecified atom stereocenters. The van der Waals surface area contributed by atoms with Crippen LogP contribution in [0.3, 0.4) is 0 Å². The van der Waals surface area contributed by atoms with Gasteiger partial charge in [-0.25, -0.2) is 0 Å². The highest BCUT2D eigenvalue weighted by molar-refractivity contribution is 6.22. The van der Waals surface area contributed by atoms with Crippen molar-refractivity contribution in [3.63, 3.8) is 0 Å². The molecule has 0 saturated heterocycles. The van der Waals surface area contributed by atoms with E-state index in [1.807, 2.05) is 0 Å². The molecular formula is C64H42N2. The maximum absolute atomic E-state index is 2.41. The van der Waals surface area contributed by atoms with E-state index in [0.717, 1.165) is 22.7 Å². The van der Waals surface area contributed by atoms with Gasteiger partial charge in [0.05, 0.1) is 11.0 Å². The fourth-order valence-corrected chi connectivity index (χ4v) is 10.5. The Morgan fingerprint density at radius 3 is 1.47 bits per heavy atom. The van der Waals surface area contributed by atoms with Crippen LogP contribution in [0.5, 0.6) is 0 Å². The maximum Gasteiger partial charge on any atom is 0.0561 e. The van der Waals surface area contributed by atoms with Crippen molar-refractivity contribution in [3.05, 3.63) is 255 Å². The zero-order valence-electron chi connectivity index (χ0n) is 36.1. The molecule has 0 saturated carbocycles. The second-order valence-electron chi connectivity index (χ2n) is 17.3. The second-order valence-corrected chi connectivity index (χ2v) is 17.3. The molecule has 0 amide bonds. The first-order valence-corrected chi connectivity index (χ1v) is 22.8. The summed E-state index contributed by atoms with van der Waals surface area (Å²) >= 11 is 0. The molecule has 0 aliphatic rings. The van der Waals surface area contributed by atoms with Crippen molar-refractivity contribution < 1.29 is 0 Å². The van der Waals surface area contributed by atoms with E-state index in [1.165, 1.54) is 98.3 Å². The fraction of sp³-hybridized carbons (Fsp3) is 0. The highest BCUT2D eigenvalue weighted by Crippen LogP contribution is 2.46. The molecule has 66 heavy (non-hydrogen) atoms. The summed E-state index contributed by atoms with van der Waals surface area (Å²) in [4.78, 5) is 2.41. The molecule has 12 aromatic carbocycles. The average molecular weight is 839 g/mol. The molecule has 2 nitrogen and oxygen atoms in total. The van der Waals surface area contributed by atoms with Gasteiger partial charge in [0.15, 0.2) is 0 Å². The number of para-hydroxylation sites is 2. The lowest BCUT2D eigenvalue weighted by atomic mass is 9.84. The van der Waals surface area contributed by atoms with Crippen molar-refractivity contribution in [1.82, 2.24) is 4.57 Å². The first-order chi connectivity index (χ1) is 32.7. The summed E-state index contributed by atoms with van der Waals surface area (Å²) in [5.41, 5.74) is 14.1. The second kappa shape index (κ2) is 15.5.